The van der Waals surface area contributed by atoms with Crippen LogP contribution >= 0.6 is 69.6 Å². The van der Waals surface area contributed by atoms with Gasteiger partial charge in [-0.1, -0.05) is 115 Å². The first-order valence-corrected chi connectivity index (χ1v) is 11.0. The van der Waals surface area contributed by atoms with E-state index < -0.39 is 18.4 Å². The first kappa shape index (κ1) is 27.1. The van der Waals surface area contributed by atoms with Gasteiger partial charge in [0.25, 0.3) is 0 Å². The van der Waals surface area contributed by atoms with Crippen molar-refractivity contribution in [2.75, 3.05) is 0 Å². The van der Waals surface area contributed by atoms with Gasteiger partial charge in [-0.05, 0) is 49.5 Å². The Morgan fingerprint density at radius 1 is 0.759 bits per heavy atom. The number of carbonyl (C=O) groups excluding carboxylic acids is 2. The molecule has 2 rings (SSSR count). The van der Waals surface area contributed by atoms with Gasteiger partial charge in [-0.15, -0.1) is 0 Å². The Balaban J connectivity index is 0.000000291. The highest BCUT2D eigenvalue weighted by Crippen LogP contribution is 2.57. The van der Waals surface area contributed by atoms with Crippen LogP contribution in [0.3, 0.4) is 0 Å². The topological polar surface area (TPSA) is 34.1 Å². The van der Waals surface area contributed by atoms with Crippen LogP contribution in [0.25, 0.3) is 0 Å². The Bertz CT molecular complexity index is 744. The molecule has 0 fully saturated rings. The maximum Gasteiger partial charge on any atom is 0.203 e. The van der Waals surface area contributed by atoms with Gasteiger partial charge < -0.3 is 0 Å². The van der Waals surface area contributed by atoms with Crippen LogP contribution in [0.5, 0.6) is 0 Å². The largest absolute Gasteiger partial charge is 0.290 e. The van der Waals surface area contributed by atoms with Crippen LogP contribution in [0, 0.1) is 16.2 Å². The van der Waals surface area contributed by atoms with Crippen molar-refractivity contribution in [2.24, 2.45) is 16.2 Å². The van der Waals surface area contributed by atoms with Gasteiger partial charge in [0, 0.05) is 0 Å². The molecule has 0 spiro atoms. The van der Waals surface area contributed by atoms with Gasteiger partial charge in [-0.3, -0.25) is 9.59 Å². The number of ketones is 2. The summed E-state index contributed by atoms with van der Waals surface area (Å²) < 4.78 is -2.91. The first-order chi connectivity index (χ1) is 12.8. The molecule has 0 unspecified atom stereocenters. The number of hydrogen-bond donors (Lipinski definition) is 0. The first-order valence-electron chi connectivity index (χ1n) is 8.77. The van der Waals surface area contributed by atoms with E-state index in [1.165, 1.54) is 12.2 Å². The molecule has 0 saturated carbocycles. The van der Waals surface area contributed by atoms with Crippen LogP contribution in [0.2, 0.25) is 0 Å². The third-order valence-electron chi connectivity index (χ3n) is 5.09. The van der Waals surface area contributed by atoms with E-state index in [1.807, 2.05) is 20.8 Å². The lowest BCUT2D eigenvalue weighted by Crippen LogP contribution is -2.44. The zero-order valence-corrected chi connectivity index (χ0v) is 21.6. The summed E-state index contributed by atoms with van der Waals surface area (Å²) in [6.45, 7) is 11.2. The van der Waals surface area contributed by atoms with E-state index >= 15 is 0 Å². The molecule has 0 atom stereocenters. The van der Waals surface area contributed by atoms with Crippen LogP contribution in [0.15, 0.2) is 47.6 Å². The van der Waals surface area contributed by atoms with Crippen molar-refractivity contribution < 1.29 is 9.59 Å². The van der Waals surface area contributed by atoms with Crippen molar-refractivity contribution in [2.45, 2.75) is 49.1 Å². The van der Waals surface area contributed by atoms with Gasteiger partial charge >= 0.3 is 0 Å². The molecule has 0 bridgehead atoms. The minimum Gasteiger partial charge on any atom is -0.290 e. The van der Waals surface area contributed by atoms with Crippen LogP contribution in [0.4, 0.5) is 0 Å². The Labute approximate surface area is 202 Å². The summed E-state index contributed by atoms with van der Waals surface area (Å²) in [7, 11) is 0. The summed E-state index contributed by atoms with van der Waals surface area (Å²) in [6, 6.07) is 0. The number of rotatable bonds is 0. The van der Waals surface area contributed by atoms with Gasteiger partial charge in [-0.25, -0.2) is 0 Å². The quantitative estimate of drug-likeness (QED) is 0.304. The van der Waals surface area contributed by atoms with Crippen molar-refractivity contribution in [3.63, 3.8) is 0 Å². The molecule has 0 aromatic rings. The summed E-state index contributed by atoms with van der Waals surface area (Å²) in [5.74, 6) is -0.0687. The zero-order valence-electron chi connectivity index (χ0n) is 17.0. The molecule has 0 saturated heterocycles. The van der Waals surface area contributed by atoms with E-state index in [0.717, 1.165) is 0 Å². The van der Waals surface area contributed by atoms with Gasteiger partial charge in [0.1, 0.15) is 0 Å². The molecular weight excluding hydrogens is 497 g/mol. The van der Waals surface area contributed by atoms with Crippen LogP contribution < -0.4 is 0 Å². The average molecular weight is 521 g/mol. The second-order valence-electron chi connectivity index (χ2n) is 8.45. The highest BCUT2D eigenvalue weighted by Gasteiger charge is 2.53. The van der Waals surface area contributed by atoms with Gasteiger partial charge in [0.15, 0.2) is 11.6 Å². The van der Waals surface area contributed by atoms with Crippen LogP contribution in [-0.2, 0) is 9.59 Å². The van der Waals surface area contributed by atoms with Gasteiger partial charge in [-0.2, -0.15) is 0 Å². The van der Waals surface area contributed by atoms with Crippen LogP contribution in [-0.4, -0.2) is 19.2 Å². The van der Waals surface area contributed by atoms with E-state index in [-0.39, 0.29) is 17.0 Å². The number of alkyl halides is 6. The Kier molecular flexibility index (Phi) is 8.29. The smallest absolute Gasteiger partial charge is 0.203 e. The molecular formula is C21H24Cl6O2. The molecule has 2 aliphatic carbocycles. The molecule has 29 heavy (non-hydrogen) atoms. The normalized spacial score (nSPS) is 21.2. The standard InChI is InChI=1S/C11H13Cl3O.C10H11Cl3O/c1-9(2,3)10(11(12,13)14)6-4-8(15)5-7-10;1-6-4-9(3,10(11,12)13)5-7(2)8(6)14/h4-7H,1-3H3;4-5H,1-3H3. The SMILES string of the molecule is CC(C)(C)C1(C(Cl)(Cl)Cl)C=CC(=O)C=C1.CC1=CC(C)(C(Cl)(Cl)Cl)C=C(C)C1=O. The summed E-state index contributed by atoms with van der Waals surface area (Å²) in [4.78, 5) is 22.6. The van der Waals surface area contributed by atoms with Crippen molar-refractivity contribution in [1.29, 1.82) is 0 Å². The minimum absolute atomic E-state index is 0.0109. The van der Waals surface area contributed by atoms with Crippen molar-refractivity contribution in [3.8, 4) is 0 Å². The van der Waals surface area contributed by atoms with Crippen molar-refractivity contribution in [1.82, 2.24) is 0 Å². The molecule has 2 aliphatic rings. The molecule has 0 aromatic carbocycles. The highest BCUT2D eigenvalue weighted by molar-refractivity contribution is 6.69. The monoisotopic (exact) mass is 518 g/mol. The van der Waals surface area contributed by atoms with E-state index in [9.17, 15) is 9.59 Å². The summed E-state index contributed by atoms with van der Waals surface area (Å²) in [5.41, 5.74) is -0.498. The molecule has 0 N–H and O–H groups in total. The minimum atomic E-state index is -1.47. The number of halogens is 6. The fourth-order valence-corrected chi connectivity index (χ4v) is 4.76. The molecule has 8 heteroatoms. The molecule has 0 aromatic heterocycles. The summed E-state index contributed by atoms with van der Waals surface area (Å²) in [6.07, 6.45) is 9.68. The third kappa shape index (κ3) is 5.84. The second kappa shape index (κ2) is 8.88. The maximum absolute atomic E-state index is 11.5. The lowest BCUT2D eigenvalue weighted by atomic mass is 9.65. The Hall–Kier alpha value is 0.0400. The molecule has 0 aliphatic heterocycles. The second-order valence-corrected chi connectivity index (χ2v) is 13.0. The molecule has 0 radical (unpaired) electrons. The highest BCUT2D eigenvalue weighted by atomic mass is 35.6. The van der Waals surface area contributed by atoms with Gasteiger partial charge in [0.2, 0.25) is 7.59 Å². The Morgan fingerprint density at radius 3 is 1.41 bits per heavy atom. The molecule has 0 heterocycles. The lowest BCUT2D eigenvalue weighted by molar-refractivity contribution is -0.112. The number of carbonyl (C=O) groups is 2. The fourth-order valence-electron chi connectivity index (χ4n) is 3.20. The predicted octanol–water partition coefficient (Wildman–Crippen LogP) is 7.92. The molecule has 0 amide bonds. The van der Waals surface area contributed by atoms with Crippen molar-refractivity contribution >= 4 is 81.2 Å². The van der Waals surface area contributed by atoms with E-state index in [4.69, 9.17) is 69.6 Å². The van der Waals surface area contributed by atoms with E-state index in [0.29, 0.717) is 11.1 Å². The Morgan fingerprint density at radius 2 is 1.14 bits per heavy atom. The predicted molar refractivity (Wildman–Crippen MR) is 126 cm³/mol. The summed E-state index contributed by atoms with van der Waals surface area (Å²) in [5, 5.41) is 0. The average Bonchev–Trinajstić information content (AvgIpc) is 2.50. The van der Waals surface area contributed by atoms with Crippen LogP contribution in [0.1, 0.15) is 41.5 Å². The third-order valence-corrected chi connectivity index (χ3v) is 7.25. The van der Waals surface area contributed by atoms with E-state index in [2.05, 4.69) is 0 Å². The molecule has 2 nitrogen and oxygen atoms in total. The zero-order chi connectivity index (χ0) is 23.1. The van der Waals surface area contributed by atoms with Crippen molar-refractivity contribution in [3.05, 3.63) is 47.6 Å². The maximum atomic E-state index is 11.5. The van der Waals surface area contributed by atoms with E-state index in [1.54, 1.807) is 45.1 Å². The van der Waals surface area contributed by atoms with Gasteiger partial charge in [0.05, 0.1) is 10.8 Å². The number of allylic oxidation sites excluding steroid dienone is 8. The number of hydrogen-bond acceptors (Lipinski definition) is 2. The summed E-state index contributed by atoms with van der Waals surface area (Å²) >= 11 is 35.6. The fraction of sp³-hybridized carbons (Fsp3) is 0.524. The molecule has 162 valence electrons. The number of Topliss-reactive ketones (excluding diaryl/α,β-unsaturated/α-hetero) is 1. The lowest BCUT2D eigenvalue weighted by Gasteiger charge is -2.46.